The van der Waals surface area contributed by atoms with Gasteiger partial charge in [-0.15, -0.1) is 0 Å². The van der Waals surface area contributed by atoms with E-state index in [0.717, 1.165) is 16.7 Å². The van der Waals surface area contributed by atoms with E-state index in [4.69, 9.17) is 14.2 Å². The fourth-order valence-electron chi connectivity index (χ4n) is 3.38. The molecule has 0 spiro atoms. The zero-order chi connectivity index (χ0) is 22.1. The molecule has 1 aromatic rings. The standard InChI is InChI=1S/C24H29NO5/c1-23(2,3)29-21(26)25-18-15-11-10-14-17(18)19(16-12-8-7-9-13-16)20(25)28-22(27)30-24(4,5)6/h7-15,18,20H,1-6H3/t18-,20+/m0/s1. The third-order valence-electron chi connectivity index (χ3n) is 4.40. The topological polar surface area (TPSA) is 65.1 Å². The van der Waals surface area contributed by atoms with Gasteiger partial charge in [-0.2, -0.15) is 0 Å². The summed E-state index contributed by atoms with van der Waals surface area (Å²) in [6, 6.07) is 9.16. The van der Waals surface area contributed by atoms with Crippen molar-refractivity contribution in [2.24, 2.45) is 0 Å². The predicted molar refractivity (Wildman–Crippen MR) is 115 cm³/mol. The van der Waals surface area contributed by atoms with Crippen LogP contribution in [-0.2, 0) is 14.2 Å². The molecule has 0 N–H and O–H groups in total. The molecule has 0 aromatic heterocycles. The number of amides is 1. The first-order chi connectivity index (χ1) is 14.0. The lowest BCUT2D eigenvalue weighted by molar-refractivity contribution is -0.0555. The number of hydrogen-bond acceptors (Lipinski definition) is 5. The van der Waals surface area contributed by atoms with Crippen LogP contribution in [0.15, 0.2) is 60.2 Å². The number of nitrogens with zero attached hydrogens (tertiary/aromatic N) is 1. The maximum absolute atomic E-state index is 13.2. The molecule has 0 saturated carbocycles. The molecule has 2 aliphatic rings. The first-order valence-electron chi connectivity index (χ1n) is 10.0. The minimum atomic E-state index is -0.982. The van der Waals surface area contributed by atoms with Gasteiger partial charge in [0.1, 0.15) is 11.2 Å². The fourth-order valence-corrected chi connectivity index (χ4v) is 3.38. The van der Waals surface area contributed by atoms with Gasteiger partial charge in [0.05, 0.1) is 6.04 Å². The van der Waals surface area contributed by atoms with Crippen LogP contribution in [0.25, 0.3) is 5.57 Å². The molecule has 160 valence electrons. The first kappa shape index (κ1) is 21.7. The molecular weight excluding hydrogens is 382 g/mol. The highest BCUT2D eigenvalue weighted by Crippen LogP contribution is 2.41. The molecule has 1 amide bonds. The number of hydrogen-bond donors (Lipinski definition) is 0. The number of carbonyl (C=O) groups is 2. The average Bonchev–Trinajstić information content (AvgIpc) is 2.93. The Morgan fingerprint density at radius 2 is 1.53 bits per heavy atom. The quantitative estimate of drug-likeness (QED) is 0.604. The van der Waals surface area contributed by atoms with Crippen LogP contribution in [0, 0.1) is 0 Å². The Kier molecular flexibility index (Phi) is 5.79. The smallest absolute Gasteiger partial charge is 0.444 e. The first-order valence-corrected chi connectivity index (χ1v) is 10.0. The number of fused-ring (bicyclic) bond motifs is 1. The summed E-state index contributed by atoms with van der Waals surface area (Å²) in [4.78, 5) is 27.2. The van der Waals surface area contributed by atoms with E-state index in [9.17, 15) is 9.59 Å². The molecule has 0 saturated heterocycles. The fraction of sp³-hybridized carbons (Fsp3) is 0.417. The highest BCUT2D eigenvalue weighted by atomic mass is 16.7. The van der Waals surface area contributed by atoms with Gasteiger partial charge in [-0.05, 0) is 52.7 Å². The molecule has 0 bridgehead atoms. The maximum atomic E-state index is 13.2. The van der Waals surface area contributed by atoms with Crippen molar-refractivity contribution >= 4 is 17.8 Å². The van der Waals surface area contributed by atoms with Crippen LogP contribution in [-0.4, -0.2) is 40.6 Å². The minimum absolute atomic E-state index is 0.410. The molecule has 0 unspecified atom stereocenters. The van der Waals surface area contributed by atoms with E-state index in [2.05, 4.69) is 0 Å². The summed E-state index contributed by atoms with van der Waals surface area (Å²) >= 11 is 0. The van der Waals surface area contributed by atoms with Gasteiger partial charge in [0.25, 0.3) is 0 Å². The second kappa shape index (κ2) is 8.01. The highest BCUT2D eigenvalue weighted by molar-refractivity contribution is 5.86. The van der Waals surface area contributed by atoms with Gasteiger partial charge >= 0.3 is 12.2 Å². The second-order valence-corrected chi connectivity index (χ2v) is 9.25. The Morgan fingerprint density at radius 1 is 0.900 bits per heavy atom. The summed E-state index contributed by atoms with van der Waals surface area (Å²) < 4.78 is 16.7. The normalized spacial score (nSPS) is 20.8. The van der Waals surface area contributed by atoms with Crippen molar-refractivity contribution < 1.29 is 23.8 Å². The molecule has 1 aromatic carbocycles. The summed E-state index contributed by atoms with van der Waals surface area (Å²) in [7, 11) is 0. The number of rotatable bonds is 2. The Hall–Kier alpha value is -3.02. The molecule has 6 nitrogen and oxygen atoms in total. The van der Waals surface area contributed by atoms with Gasteiger partial charge in [0.15, 0.2) is 0 Å². The third kappa shape index (κ3) is 4.93. The lowest BCUT2D eigenvalue weighted by atomic mass is 9.96. The van der Waals surface area contributed by atoms with Gasteiger partial charge < -0.3 is 14.2 Å². The summed E-state index contributed by atoms with van der Waals surface area (Å²) in [6.07, 6.45) is 5.20. The molecule has 30 heavy (non-hydrogen) atoms. The monoisotopic (exact) mass is 411 g/mol. The van der Waals surface area contributed by atoms with Gasteiger partial charge in [0.2, 0.25) is 6.23 Å². The number of ether oxygens (including phenoxy) is 3. The SMILES string of the molecule is CC(C)(C)OC(=O)O[C@@H]1C(c2ccccc2)=C2C=CC=C[C@@H]2N1C(=O)OC(C)(C)C. The van der Waals surface area contributed by atoms with Crippen molar-refractivity contribution in [2.45, 2.75) is 65.0 Å². The second-order valence-electron chi connectivity index (χ2n) is 9.25. The highest BCUT2D eigenvalue weighted by Gasteiger charge is 2.46. The van der Waals surface area contributed by atoms with E-state index in [-0.39, 0.29) is 0 Å². The van der Waals surface area contributed by atoms with Gasteiger partial charge in [0, 0.05) is 5.57 Å². The van der Waals surface area contributed by atoms with Gasteiger partial charge in [-0.25, -0.2) is 9.59 Å². The summed E-state index contributed by atoms with van der Waals surface area (Å²) in [5, 5.41) is 0. The van der Waals surface area contributed by atoms with Crippen LogP contribution in [0.1, 0.15) is 47.1 Å². The lowest BCUT2D eigenvalue weighted by Gasteiger charge is -2.33. The van der Waals surface area contributed by atoms with Crippen LogP contribution < -0.4 is 0 Å². The van der Waals surface area contributed by atoms with Gasteiger partial charge in [-0.3, -0.25) is 4.90 Å². The average molecular weight is 411 g/mol. The zero-order valence-electron chi connectivity index (χ0n) is 18.3. The Bertz CT molecular complexity index is 900. The zero-order valence-corrected chi connectivity index (χ0v) is 18.3. The van der Waals surface area contributed by atoms with Crippen molar-refractivity contribution in [3.8, 4) is 0 Å². The molecular formula is C24H29NO5. The molecule has 0 fully saturated rings. The minimum Gasteiger partial charge on any atom is -0.444 e. The summed E-state index contributed by atoms with van der Waals surface area (Å²) in [5.41, 5.74) is 1.05. The molecule has 2 atom stereocenters. The largest absolute Gasteiger partial charge is 0.511 e. The van der Waals surface area contributed by atoms with Crippen molar-refractivity contribution in [3.63, 3.8) is 0 Å². The summed E-state index contributed by atoms with van der Waals surface area (Å²) in [5.74, 6) is 0. The predicted octanol–water partition coefficient (Wildman–Crippen LogP) is 5.46. The Morgan fingerprint density at radius 3 is 2.13 bits per heavy atom. The Balaban J connectivity index is 2.05. The van der Waals surface area contributed by atoms with Crippen molar-refractivity contribution in [2.75, 3.05) is 0 Å². The van der Waals surface area contributed by atoms with Crippen LogP contribution >= 0.6 is 0 Å². The number of carbonyl (C=O) groups excluding carboxylic acids is 2. The molecule has 1 heterocycles. The van der Waals surface area contributed by atoms with Gasteiger partial charge in [-0.1, -0.05) is 54.6 Å². The van der Waals surface area contributed by atoms with Crippen LogP contribution in [0.3, 0.4) is 0 Å². The van der Waals surface area contributed by atoms with E-state index in [1.165, 1.54) is 4.90 Å². The van der Waals surface area contributed by atoms with E-state index >= 15 is 0 Å². The van der Waals surface area contributed by atoms with Crippen LogP contribution in [0.2, 0.25) is 0 Å². The Labute approximate surface area is 177 Å². The van der Waals surface area contributed by atoms with E-state index in [1.807, 2.05) is 54.6 Å². The maximum Gasteiger partial charge on any atom is 0.511 e. The number of benzene rings is 1. The van der Waals surface area contributed by atoms with Crippen LogP contribution in [0.5, 0.6) is 0 Å². The number of allylic oxidation sites excluding steroid dienone is 2. The van der Waals surface area contributed by atoms with Crippen molar-refractivity contribution in [3.05, 3.63) is 65.8 Å². The van der Waals surface area contributed by atoms with Crippen molar-refractivity contribution in [1.82, 2.24) is 4.90 Å². The molecule has 3 rings (SSSR count). The van der Waals surface area contributed by atoms with Crippen LogP contribution in [0.4, 0.5) is 9.59 Å². The molecule has 0 radical (unpaired) electrons. The van der Waals surface area contributed by atoms with E-state index < -0.39 is 35.7 Å². The summed E-state index contributed by atoms with van der Waals surface area (Å²) in [6.45, 7) is 10.7. The molecule has 6 heteroatoms. The van der Waals surface area contributed by atoms with E-state index in [1.54, 1.807) is 41.5 Å². The molecule has 1 aliphatic carbocycles. The van der Waals surface area contributed by atoms with Crippen molar-refractivity contribution in [1.29, 1.82) is 0 Å². The molecule has 1 aliphatic heterocycles. The lowest BCUT2D eigenvalue weighted by Crippen LogP contribution is -2.47. The van der Waals surface area contributed by atoms with E-state index in [0.29, 0.717) is 0 Å². The third-order valence-corrected chi connectivity index (χ3v) is 4.40.